The molecule has 6 heterocycles. The molecular weight excluding hydrogens is 899 g/mol. The number of aromatic nitrogens is 6. The fraction of sp³-hybridized carbons (Fsp3) is 0.603. The SMILES string of the molecule is O=C(Cc1ccnc(CCCN2CCCCC2)n1)C12CC3CC(CC(C3)C1)C2.c1ccc(CCCc2ccnc(CCN3CCCCC3)n2)cc1.c1ccc(CCc2ccnc(CCN3CCCCC3)n2)cc1. The third kappa shape index (κ3) is 17.1. The van der Waals surface area contributed by atoms with Crippen molar-refractivity contribution in [2.45, 2.75) is 161 Å². The number of hydrogen-bond acceptors (Lipinski definition) is 10. The lowest BCUT2D eigenvalue weighted by atomic mass is 9.48. The summed E-state index contributed by atoms with van der Waals surface area (Å²) in [5.41, 5.74) is 6.07. The molecule has 0 amide bonds. The molecule has 4 aliphatic carbocycles. The molecule has 4 saturated carbocycles. The molecule has 0 radical (unpaired) electrons. The number of ketones is 1. The number of benzene rings is 2. The summed E-state index contributed by atoms with van der Waals surface area (Å²) in [6.45, 7) is 10.8. The molecule has 4 bridgehead atoms. The molecule has 0 atom stereocenters. The third-order valence-corrected chi connectivity index (χ3v) is 17.0. The molecule has 0 spiro atoms. The molecule has 0 N–H and O–H groups in total. The van der Waals surface area contributed by atoms with Gasteiger partial charge < -0.3 is 14.7 Å². The number of carbonyl (C=O) groups excluding carboxylic acids is 1. The summed E-state index contributed by atoms with van der Waals surface area (Å²) in [5, 5.41) is 0. The Labute approximate surface area is 439 Å². The van der Waals surface area contributed by atoms with Gasteiger partial charge in [0, 0.05) is 74.2 Å². The second-order valence-electron chi connectivity index (χ2n) is 22.8. The fourth-order valence-corrected chi connectivity index (χ4v) is 13.4. The molecule has 2 aromatic carbocycles. The van der Waals surface area contributed by atoms with Crippen LogP contribution in [0.15, 0.2) is 97.5 Å². The highest BCUT2D eigenvalue weighted by Gasteiger charge is 2.54. The van der Waals surface area contributed by atoms with Crippen LogP contribution in [-0.2, 0) is 56.2 Å². The van der Waals surface area contributed by atoms with E-state index in [-0.39, 0.29) is 5.41 Å². The smallest absolute Gasteiger partial charge is 0.144 e. The number of nitrogens with zero attached hydrogens (tertiary/aromatic N) is 9. The minimum Gasteiger partial charge on any atom is -0.303 e. The lowest BCUT2D eigenvalue weighted by Crippen LogP contribution is -2.50. The molecule has 7 fully saturated rings. The third-order valence-electron chi connectivity index (χ3n) is 17.0. The van der Waals surface area contributed by atoms with E-state index in [1.807, 2.05) is 30.7 Å². The highest BCUT2D eigenvalue weighted by molar-refractivity contribution is 5.87. The Balaban J connectivity index is 0.000000136. The van der Waals surface area contributed by atoms with E-state index in [2.05, 4.69) is 96.4 Å². The summed E-state index contributed by atoms with van der Waals surface area (Å²) >= 11 is 0. The van der Waals surface area contributed by atoms with Crippen molar-refractivity contribution in [3.05, 3.63) is 143 Å². The van der Waals surface area contributed by atoms with Crippen LogP contribution >= 0.6 is 0 Å². The van der Waals surface area contributed by atoms with Crippen LogP contribution in [0.5, 0.6) is 0 Å². The lowest BCUT2D eigenvalue weighted by Gasteiger charge is -2.56. The zero-order valence-corrected chi connectivity index (χ0v) is 44.4. The average Bonchev–Trinajstić information content (AvgIpc) is 3.43. The number of hydrogen-bond donors (Lipinski definition) is 0. The normalized spacial score (nSPS) is 23.0. The first-order chi connectivity index (χ1) is 36.0. The van der Waals surface area contributed by atoms with Gasteiger partial charge in [-0.2, -0.15) is 0 Å². The Bertz CT molecular complexity index is 2340. The van der Waals surface area contributed by atoms with E-state index >= 15 is 0 Å². The zero-order chi connectivity index (χ0) is 49.8. The van der Waals surface area contributed by atoms with Gasteiger partial charge in [0.05, 0.1) is 5.69 Å². The summed E-state index contributed by atoms with van der Waals surface area (Å²) in [5.74, 6) is 5.88. The van der Waals surface area contributed by atoms with Crippen LogP contribution in [0.2, 0.25) is 0 Å². The molecule has 12 rings (SSSR count). The van der Waals surface area contributed by atoms with Crippen molar-refractivity contribution in [1.29, 1.82) is 0 Å². The summed E-state index contributed by atoms with van der Waals surface area (Å²) in [7, 11) is 0. The standard InChI is InChI=1S/C24H35N3O.C20H27N3.C19H25N3/c28-22(24-15-18-11-19(16-24)13-20(12-18)17-24)14-21-6-7-25-23(26-21)5-4-10-27-8-2-1-3-9-27;1-3-8-18(9-4-1)10-7-11-19-12-14-21-20(22-19)13-17-23-15-5-2-6-16-23;1-3-7-17(8-4-1)9-10-18-11-13-20-19(21-18)12-16-22-14-5-2-6-15-22/h6-7,18-20H,1-5,8-17H2;1,3-4,8-9,12,14H,2,5-7,10-11,13,15-17H2;1,3-4,7-8,11,13H,2,5-6,9-10,12,14-16H2. The lowest BCUT2D eigenvalue weighted by molar-refractivity contribution is -0.143. The van der Waals surface area contributed by atoms with Crippen LogP contribution < -0.4 is 0 Å². The molecule has 0 unspecified atom stereocenters. The molecule has 390 valence electrons. The van der Waals surface area contributed by atoms with Crippen molar-refractivity contribution in [2.24, 2.45) is 23.2 Å². The van der Waals surface area contributed by atoms with Gasteiger partial charge in [0.15, 0.2) is 0 Å². The largest absolute Gasteiger partial charge is 0.303 e. The topological polar surface area (TPSA) is 104 Å². The maximum Gasteiger partial charge on any atom is 0.144 e. The van der Waals surface area contributed by atoms with Crippen LogP contribution in [0.4, 0.5) is 0 Å². The summed E-state index contributed by atoms with van der Waals surface area (Å²) in [4.78, 5) is 48.6. The van der Waals surface area contributed by atoms with E-state index in [0.717, 1.165) is 143 Å². The minimum absolute atomic E-state index is 0.00583. The second-order valence-corrected chi connectivity index (χ2v) is 22.8. The molecule has 3 aromatic heterocycles. The van der Waals surface area contributed by atoms with Gasteiger partial charge in [0.25, 0.3) is 0 Å². The molecule has 3 saturated heterocycles. The number of likely N-dealkylation sites (tertiary alicyclic amines) is 3. The van der Waals surface area contributed by atoms with E-state index in [9.17, 15) is 4.79 Å². The van der Waals surface area contributed by atoms with E-state index < -0.39 is 0 Å². The minimum atomic E-state index is -0.00583. The Morgan fingerprint density at radius 1 is 0.425 bits per heavy atom. The Hall–Kier alpha value is -4.77. The van der Waals surface area contributed by atoms with Gasteiger partial charge in [-0.05, 0) is 208 Å². The number of carbonyl (C=O) groups is 1. The van der Waals surface area contributed by atoms with E-state index in [0.29, 0.717) is 12.2 Å². The van der Waals surface area contributed by atoms with Crippen LogP contribution in [-0.4, -0.2) is 109 Å². The first kappa shape index (κ1) is 53.1. The van der Waals surface area contributed by atoms with E-state index in [4.69, 9.17) is 15.0 Å². The Morgan fingerprint density at radius 2 is 0.849 bits per heavy atom. The van der Waals surface area contributed by atoms with Crippen LogP contribution in [0.25, 0.3) is 0 Å². The first-order valence-corrected chi connectivity index (χ1v) is 29.2. The van der Waals surface area contributed by atoms with Crippen molar-refractivity contribution in [3.8, 4) is 0 Å². The van der Waals surface area contributed by atoms with E-state index in [1.54, 1.807) is 0 Å². The quantitative estimate of drug-likeness (QED) is 0.0749. The second kappa shape index (κ2) is 28.2. The number of piperidine rings is 3. The van der Waals surface area contributed by atoms with Gasteiger partial charge in [-0.15, -0.1) is 0 Å². The number of aryl methyl sites for hydroxylation is 5. The molecule has 7 aliphatic rings. The predicted octanol–water partition coefficient (Wildman–Crippen LogP) is 11.2. The van der Waals surface area contributed by atoms with Crippen molar-refractivity contribution < 1.29 is 4.79 Å². The van der Waals surface area contributed by atoms with Gasteiger partial charge in [0.2, 0.25) is 0 Å². The van der Waals surface area contributed by atoms with Gasteiger partial charge >= 0.3 is 0 Å². The summed E-state index contributed by atoms with van der Waals surface area (Å²) < 4.78 is 0. The van der Waals surface area contributed by atoms with Crippen molar-refractivity contribution >= 4 is 5.78 Å². The highest BCUT2D eigenvalue weighted by Crippen LogP contribution is 2.60. The van der Waals surface area contributed by atoms with Crippen LogP contribution in [0, 0.1) is 23.2 Å². The first-order valence-electron chi connectivity index (χ1n) is 29.2. The van der Waals surface area contributed by atoms with Gasteiger partial charge in [-0.25, -0.2) is 29.9 Å². The molecule has 3 aliphatic heterocycles. The highest BCUT2D eigenvalue weighted by atomic mass is 16.1. The van der Waals surface area contributed by atoms with Crippen LogP contribution in [0.1, 0.15) is 155 Å². The molecule has 5 aromatic rings. The van der Waals surface area contributed by atoms with Crippen LogP contribution in [0.3, 0.4) is 0 Å². The van der Waals surface area contributed by atoms with Gasteiger partial charge in [-0.3, -0.25) is 4.79 Å². The molecular formula is C63H87N9O. The molecule has 73 heavy (non-hydrogen) atoms. The maximum absolute atomic E-state index is 13.3. The summed E-state index contributed by atoms with van der Waals surface area (Å²) in [6.07, 6.45) is 35.5. The van der Waals surface area contributed by atoms with E-state index in [1.165, 1.54) is 133 Å². The zero-order valence-electron chi connectivity index (χ0n) is 44.4. The number of rotatable bonds is 20. The molecule has 10 heteroatoms. The van der Waals surface area contributed by atoms with Gasteiger partial charge in [0.1, 0.15) is 23.3 Å². The average molecular weight is 986 g/mol. The predicted molar refractivity (Wildman–Crippen MR) is 294 cm³/mol. The van der Waals surface area contributed by atoms with Gasteiger partial charge in [-0.1, -0.05) is 79.9 Å². The maximum atomic E-state index is 13.3. The Morgan fingerprint density at radius 3 is 1.36 bits per heavy atom. The molecule has 10 nitrogen and oxygen atoms in total. The van der Waals surface area contributed by atoms with Crippen molar-refractivity contribution in [2.75, 3.05) is 58.9 Å². The van der Waals surface area contributed by atoms with Crippen molar-refractivity contribution in [3.63, 3.8) is 0 Å². The Kier molecular flexibility index (Phi) is 20.5. The number of Topliss-reactive ketones (excluding diaryl/α,β-unsaturated/α-hetero) is 1. The monoisotopic (exact) mass is 986 g/mol. The van der Waals surface area contributed by atoms with Crippen molar-refractivity contribution in [1.82, 2.24) is 44.6 Å². The summed E-state index contributed by atoms with van der Waals surface area (Å²) in [6, 6.07) is 27.4. The fourth-order valence-electron chi connectivity index (χ4n) is 13.4.